The second-order valence-electron chi connectivity index (χ2n) is 5.01. The van der Waals surface area contributed by atoms with Crippen LogP contribution >= 0.6 is 0 Å². The predicted molar refractivity (Wildman–Crippen MR) is 84.8 cm³/mol. The van der Waals surface area contributed by atoms with Crippen molar-refractivity contribution in [1.82, 2.24) is 15.6 Å². The van der Waals surface area contributed by atoms with Gasteiger partial charge in [0.2, 0.25) is 11.8 Å². The molecule has 0 aliphatic rings. The monoisotopic (exact) mass is 340 g/mol. The zero-order chi connectivity index (χ0) is 17.8. The number of halogens is 1. The van der Waals surface area contributed by atoms with Gasteiger partial charge in [0.1, 0.15) is 11.6 Å². The molecule has 0 bridgehead atoms. The lowest BCUT2D eigenvalue weighted by Gasteiger charge is -2.07. The van der Waals surface area contributed by atoms with E-state index >= 15 is 0 Å². The van der Waals surface area contributed by atoms with Gasteiger partial charge in [0.15, 0.2) is 0 Å². The number of carboxylic acids is 1. The van der Waals surface area contributed by atoms with Crippen molar-refractivity contribution in [3.8, 4) is 0 Å². The number of rotatable bonds is 11. The summed E-state index contributed by atoms with van der Waals surface area (Å²) in [4.78, 5) is 37.1. The number of unbranched alkanes of at least 4 members (excludes halogenated alkanes) is 1. The number of hydrogen-bond donors (Lipinski definition) is 4. The molecule has 0 aliphatic heterocycles. The Morgan fingerprint density at radius 1 is 1.08 bits per heavy atom. The Kier molecular flexibility index (Phi) is 8.80. The summed E-state index contributed by atoms with van der Waals surface area (Å²) >= 11 is 0. The Hall–Kier alpha value is -2.71. The van der Waals surface area contributed by atoms with Gasteiger partial charge in [-0.3, -0.25) is 14.4 Å². The molecule has 8 nitrogen and oxygen atoms in total. The molecule has 0 aromatic carbocycles. The maximum absolute atomic E-state index is 12.9. The molecule has 0 fully saturated rings. The molecule has 0 spiro atoms. The molecule has 132 valence electrons. The molecule has 24 heavy (non-hydrogen) atoms. The Labute approximate surface area is 138 Å². The van der Waals surface area contributed by atoms with E-state index in [9.17, 15) is 18.8 Å². The summed E-state index contributed by atoms with van der Waals surface area (Å²) in [6.07, 6.45) is 2.77. The van der Waals surface area contributed by atoms with Gasteiger partial charge in [-0.15, -0.1) is 0 Å². The molecule has 0 saturated carbocycles. The standard InChI is InChI=1S/C15H21FN4O4/c16-11-4-7-18-12(9-11)17-6-2-1-3-13(21)20-10-14(22)19-8-5-15(23)24/h4,7,9H,1-3,5-6,8,10H2,(H,17,18)(H,19,22)(H,20,21)(H,23,24). The third-order valence-corrected chi connectivity index (χ3v) is 2.97. The van der Waals surface area contributed by atoms with Gasteiger partial charge in [-0.05, 0) is 18.9 Å². The van der Waals surface area contributed by atoms with E-state index in [1.807, 2.05) is 0 Å². The summed E-state index contributed by atoms with van der Waals surface area (Å²) < 4.78 is 12.9. The molecular formula is C15H21FN4O4. The Balaban J connectivity index is 2.03. The number of hydrogen-bond acceptors (Lipinski definition) is 5. The van der Waals surface area contributed by atoms with Crippen LogP contribution in [0.5, 0.6) is 0 Å². The first-order valence-electron chi connectivity index (χ1n) is 7.58. The number of nitrogens with zero attached hydrogens (tertiary/aromatic N) is 1. The highest BCUT2D eigenvalue weighted by atomic mass is 19.1. The SMILES string of the molecule is O=C(O)CCNC(=O)CNC(=O)CCCCNc1cc(F)ccn1. The summed E-state index contributed by atoms with van der Waals surface area (Å²) in [6, 6.07) is 2.54. The summed E-state index contributed by atoms with van der Waals surface area (Å²) in [5.74, 6) is -1.61. The number of anilines is 1. The van der Waals surface area contributed by atoms with E-state index < -0.39 is 11.9 Å². The number of amides is 2. The van der Waals surface area contributed by atoms with Crippen LogP contribution in [0.3, 0.4) is 0 Å². The summed E-state index contributed by atoms with van der Waals surface area (Å²) in [5, 5.41) is 16.2. The third-order valence-electron chi connectivity index (χ3n) is 2.97. The lowest BCUT2D eigenvalue weighted by atomic mass is 10.2. The second kappa shape index (κ2) is 10.9. The largest absolute Gasteiger partial charge is 0.481 e. The Morgan fingerprint density at radius 2 is 1.88 bits per heavy atom. The van der Waals surface area contributed by atoms with Crippen molar-refractivity contribution < 1.29 is 23.9 Å². The molecule has 0 saturated heterocycles. The first kappa shape index (κ1) is 19.3. The van der Waals surface area contributed by atoms with Gasteiger partial charge in [-0.1, -0.05) is 0 Å². The van der Waals surface area contributed by atoms with E-state index in [1.165, 1.54) is 18.3 Å². The maximum atomic E-state index is 12.9. The molecule has 1 rings (SSSR count). The van der Waals surface area contributed by atoms with Crippen molar-refractivity contribution in [2.75, 3.05) is 25.0 Å². The number of aliphatic carboxylic acids is 1. The van der Waals surface area contributed by atoms with E-state index in [0.717, 1.165) is 0 Å². The molecule has 0 unspecified atom stereocenters. The molecule has 4 N–H and O–H groups in total. The average Bonchev–Trinajstić information content (AvgIpc) is 2.52. The molecule has 0 atom stereocenters. The molecule has 2 amide bonds. The predicted octanol–water partition coefficient (Wildman–Crippen LogP) is 0.510. The van der Waals surface area contributed by atoms with Gasteiger partial charge in [-0.2, -0.15) is 0 Å². The average molecular weight is 340 g/mol. The number of pyridine rings is 1. The highest BCUT2D eigenvalue weighted by molar-refractivity contribution is 5.84. The van der Waals surface area contributed by atoms with Crippen molar-refractivity contribution in [3.63, 3.8) is 0 Å². The van der Waals surface area contributed by atoms with Gasteiger partial charge in [-0.25, -0.2) is 9.37 Å². The summed E-state index contributed by atoms with van der Waals surface area (Å²) in [6.45, 7) is 0.410. The zero-order valence-corrected chi connectivity index (χ0v) is 13.2. The zero-order valence-electron chi connectivity index (χ0n) is 13.2. The van der Waals surface area contributed by atoms with Gasteiger partial charge in [0.25, 0.3) is 0 Å². The number of carbonyl (C=O) groups excluding carboxylic acids is 2. The Morgan fingerprint density at radius 3 is 2.58 bits per heavy atom. The number of carboxylic acid groups (broad SMARTS) is 1. The minimum absolute atomic E-state index is 0.0316. The van der Waals surface area contributed by atoms with Crippen molar-refractivity contribution >= 4 is 23.6 Å². The van der Waals surface area contributed by atoms with Crippen LogP contribution in [0.4, 0.5) is 10.2 Å². The maximum Gasteiger partial charge on any atom is 0.305 e. The number of aromatic nitrogens is 1. The van der Waals surface area contributed by atoms with Crippen molar-refractivity contribution in [1.29, 1.82) is 0 Å². The van der Waals surface area contributed by atoms with Crippen molar-refractivity contribution in [2.45, 2.75) is 25.7 Å². The highest BCUT2D eigenvalue weighted by Crippen LogP contribution is 2.05. The number of nitrogens with one attached hydrogen (secondary N) is 3. The van der Waals surface area contributed by atoms with E-state index in [-0.39, 0.29) is 37.7 Å². The number of carbonyl (C=O) groups is 3. The molecule has 0 radical (unpaired) electrons. The lowest BCUT2D eigenvalue weighted by molar-refractivity contribution is -0.137. The minimum Gasteiger partial charge on any atom is -0.481 e. The molecule has 1 aromatic rings. The van der Waals surface area contributed by atoms with E-state index in [1.54, 1.807) is 0 Å². The first-order chi connectivity index (χ1) is 11.5. The fourth-order valence-electron chi connectivity index (χ4n) is 1.77. The van der Waals surface area contributed by atoms with Crippen molar-refractivity contribution in [3.05, 3.63) is 24.1 Å². The van der Waals surface area contributed by atoms with Crippen LogP contribution in [0.25, 0.3) is 0 Å². The third kappa shape index (κ3) is 9.34. The first-order valence-corrected chi connectivity index (χ1v) is 7.58. The summed E-state index contributed by atoms with van der Waals surface area (Å²) in [7, 11) is 0. The van der Waals surface area contributed by atoms with Gasteiger partial charge < -0.3 is 21.1 Å². The molecule has 1 heterocycles. The molecule has 1 aromatic heterocycles. The van der Waals surface area contributed by atoms with Crippen LogP contribution in [0.1, 0.15) is 25.7 Å². The van der Waals surface area contributed by atoms with Gasteiger partial charge in [0, 0.05) is 31.8 Å². The van der Waals surface area contributed by atoms with Gasteiger partial charge >= 0.3 is 5.97 Å². The van der Waals surface area contributed by atoms with E-state index in [2.05, 4.69) is 20.9 Å². The van der Waals surface area contributed by atoms with Gasteiger partial charge in [0.05, 0.1) is 13.0 Å². The van der Waals surface area contributed by atoms with Crippen LogP contribution < -0.4 is 16.0 Å². The topological polar surface area (TPSA) is 120 Å². The van der Waals surface area contributed by atoms with Crippen molar-refractivity contribution in [2.24, 2.45) is 0 Å². The fourth-order valence-corrected chi connectivity index (χ4v) is 1.77. The van der Waals surface area contributed by atoms with E-state index in [4.69, 9.17) is 5.11 Å². The van der Waals surface area contributed by atoms with Crippen LogP contribution in [-0.2, 0) is 14.4 Å². The van der Waals surface area contributed by atoms with Crippen LogP contribution in [0, 0.1) is 5.82 Å². The van der Waals surface area contributed by atoms with Crippen LogP contribution in [0.15, 0.2) is 18.3 Å². The normalized spacial score (nSPS) is 10.0. The molecular weight excluding hydrogens is 319 g/mol. The second-order valence-corrected chi connectivity index (χ2v) is 5.01. The van der Waals surface area contributed by atoms with Crippen LogP contribution in [0.2, 0.25) is 0 Å². The Bertz CT molecular complexity index is 568. The fraction of sp³-hybridized carbons (Fsp3) is 0.467. The quantitative estimate of drug-likeness (QED) is 0.436. The minimum atomic E-state index is -0.999. The smallest absolute Gasteiger partial charge is 0.305 e. The summed E-state index contributed by atoms with van der Waals surface area (Å²) in [5.41, 5.74) is 0. The molecule has 0 aliphatic carbocycles. The van der Waals surface area contributed by atoms with E-state index in [0.29, 0.717) is 25.2 Å². The lowest BCUT2D eigenvalue weighted by Crippen LogP contribution is -2.37. The highest BCUT2D eigenvalue weighted by Gasteiger charge is 2.06. The molecule has 9 heteroatoms. The van der Waals surface area contributed by atoms with Crippen LogP contribution in [-0.4, -0.2) is 47.5 Å².